The zero-order valence-corrected chi connectivity index (χ0v) is 12.1. The lowest BCUT2D eigenvalue weighted by atomic mass is 10.1. The summed E-state index contributed by atoms with van der Waals surface area (Å²) in [6.07, 6.45) is 5.43. The molecular weight excluding hydrogens is 256 g/mol. The predicted octanol–water partition coefficient (Wildman–Crippen LogP) is 2.38. The Hall–Kier alpha value is -1.00. The molecule has 0 aliphatic carbocycles. The average molecular weight is 276 g/mol. The number of nitrogens with zero attached hydrogens (tertiary/aromatic N) is 1. The van der Waals surface area contributed by atoms with Crippen LogP contribution in [0.4, 0.5) is 0 Å². The fraction of sp³-hybridized carbons (Fsp3) is 0.533. The number of rotatable bonds is 2. The molecule has 19 heavy (non-hydrogen) atoms. The van der Waals surface area contributed by atoms with Gasteiger partial charge < -0.3 is 10.2 Å². The minimum absolute atomic E-state index is 0.223. The molecule has 3 nitrogen and oxygen atoms in total. The molecule has 2 aliphatic rings. The number of benzene rings is 1. The van der Waals surface area contributed by atoms with Crippen molar-refractivity contribution in [1.29, 1.82) is 0 Å². The van der Waals surface area contributed by atoms with Crippen LogP contribution in [0.25, 0.3) is 0 Å². The number of fused-ring (bicyclic) bond motifs is 2. The van der Waals surface area contributed by atoms with Crippen LogP contribution in [0.5, 0.6) is 0 Å². The van der Waals surface area contributed by atoms with Crippen molar-refractivity contribution in [3.8, 4) is 0 Å². The van der Waals surface area contributed by atoms with E-state index >= 15 is 0 Å². The second kappa shape index (κ2) is 5.55. The molecule has 2 saturated heterocycles. The van der Waals surface area contributed by atoms with Crippen LogP contribution in [-0.2, 0) is 0 Å². The van der Waals surface area contributed by atoms with Gasteiger partial charge in [0.05, 0.1) is 5.56 Å². The fourth-order valence-electron chi connectivity index (χ4n) is 3.27. The first-order valence-corrected chi connectivity index (χ1v) is 8.20. The molecule has 1 N–H and O–H groups in total. The highest BCUT2D eigenvalue weighted by atomic mass is 32.2. The van der Waals surface area contributed by atoms with E-state index in [2.05, 4.69) is 10.2 Å². The normalized spacial score (nSPS) is 26.3. The Morgan fingerprint density at radius 3 is 2.89 bits per heavy atom. The van der Waals surface area contributed by atoms with Gasteiger partial charge in [-0.15, -0.1) is 11.8 Å². The third-order valence-electron chi connectivity index (χ3n) is 4.23. The summed E-state index contributed by atoms with van der Waals surface area (Å²) >= 11 is 1.65. The lowest BCUT2D eigenvalue weighted by molar-refractivity contribution is 0.0676. The summed E-state index contributed by atoms with van der Waals surface area (Å²) in [6.45, 7) is 1.98. The maximum Gasteiger partial charge on any atom is 0.255 e. The summed E-state index contributed by atoms with van der Waals surface area (Å²) in [5, 5.41) is 3.44. The van der Waals surface area contributed by atoms with Gasteiger partial charge in [-0.25, -0.2) is 0 Å². The van der Waals surface area contributed by atoms with E-state index in [9.17, 15) is 4.79 Å². The van der Waals surface area contributed by atoms with Gasteiger partial charge in [-0.1, -0.05) is 12.1 Å². The van der Waals surface area contributed by atoms with Crippen molar-refractivity contribution in [1.82, 2.24) is 10.2 Å². The first-order chi connectivity index (χ1) is 9.31. The Morgan fingerprint density at radius 1 is 1.26 bits per heavy atom. The molecule has 0 radical (unpaired) electrons. The molecule has 4 heteroatoms. The Bertz CT molecular complexity index is 463. The van der Waals surface area contributed by atoms with Gasteiger partial charge in [-0.05, 0) is 44.2 Å². The van der Waals surface area contributed by atoms with Crippen LogP contribution < -0.4 is 5.32 Å². The van der Waals surface area contributed by atoms with Gasteiger partial charge in [0.15, 0.2) is 0 Å². The van der Waals surface area contributed by atoms with Crippen molar-refractivity contribution < 1.29 is 4.79 Å². The molecule has 2 unspecified atom stereocenters. The minimum Gasteiger partial charge on any atom is -0.331 e. The van der Waals surface area contributed by atoms with Crippen LogP contribution in [0, 0.1) is 0 Å². The quantitative estimate of drug-likeness (QED) is 0.842. The zero-order valence-electron chi connectivity index (χ0n) is 11.3. The highest BCUT2D eigenvalue weighted by molar-refractivity contribution is 7.98. The van der Waals surface area contributed by atoms with E-state index in [1.54, 1.807) is 11.8 Å². The highest BCUT2D eigenvalue weighted by Gasteiger charge is 2.38. The van der Waals surface area contributed by atoms with Crippen LogP contribution in [0.3, 0.4) is 0 Å². The van der Waals surface area contributed by atoms with Crippen LogP contribution in [0.15, 0.2) is 29.2 Å². The summed E-state index contributed by atoms with van der Waals surface area (Å²) < 4.78 is 0. The summed E-state index contributed by atoms with van der Waals surface area (Å²) in [6, 6.07) is 8.78. The summed E-state index contributed by atoms with van der Waals surface area (Å²) in [4.78, 5) is 16.1. The van der Waals surface area contributed by atoms with Gasteiger partial charge in [-0.2, -0.15) is 0 Å². The largest absolute Gasteiger partial charge is 0.331 e. The standard InChI is InChI=1S/C15H20N2OS/c1-19-14-5-3-2-4-13(14)15(18)17-11-6-7-12(17)10-16-9-8-11/h2-5,11-12,16H,6-10H2,1H3. The smallest absolute Gasteiger partial charge is 0.255 e. The van der Waals surface area contributed by atoms with E-state index in [-0.39, 0.29) is 5.91 Å². The van der Waals surface area contributed by atoms with Crippen molar-refractivity contribution in [2.75, 3.05) is 19.3 Å². The summed E-state index contributed by atoms with van der Waals surface area (Å²) in [7, 11) is 0. The maximum atomic E-state index is 12.9. The van der Waals surface area contributed by atoms with Crippen LogP contribution in [0.1, 0.15) is 29.6 Å². The molecule has 2 fully saturated rings. The number of hydrogen-bond donors (Lipinski definition) is 1. The summed E-state index contributed by atoms with van der Waals surface area (Å²) in [5.74, 6) is 0.223. The Kier molecular flexibility index (Phi) is 3.80. The Balaban J connectivity index is 1.91. The van der Waals surface area contributed by atoms with Crippen molar-refractivity contribution in [3.05, 3.63) is 29.8 Å². The number of thioether (sulfide) groups is 1. The third kappa shape index (κ3) is 2.39. The second-order valence-corrected chi connectivity index (χ2v) is 6.14. The van der Waals surface area contributed by atoms with Gasteiger partial charge in [-0.3, -0.25) is 4.79 Å². The van der Waals surface area contributed by atoms with Crippen molar-refractivity contribution in [2.24, 2.45) is 0 Å². The van der Waals surface area contributed by atoms with E-state index in [0.29, 0.717) is 12.1 Å². The van der Waals surface area contributed by atoms with Gasteiger partial charge in [0.25, 0.3) is 5.91 Å². The van der Waals surface area contributed by atoms with Gasteiger partial charge in [0, 0.05) is 23.5 Å². The first-order valence-electron chi connectivity index (χ1n) is 6.97. The Labute approximate surface area is 118 Å². The molecule has 1 amide bonds. The monoisotopic (exact) mass is 276 g/mol. The first kappa shape index (κ1) is 13.0. The predicted molar refractivity (Wildman–Crippen MR) is 78.7 cm³/mol. The minimum atomic E-state index is 0.223. The molecule has 2 aliphatic heterocycles. The number of hydrogen-bond acceptors (Lipinski definition) is 3. The number of nitrogens with one attached hydrogen (secondary N) is 1. The number of carbonyl (C=O) groups is 1. The lowest BCUT2D eigenvalue weighted by Gasteiger charge is -2.28. The number of carbonyl (C=O) groups excluding carboxylic acids is 1. The third-order valence-corrected chi connectivity index (χ3v) is 5.02. The summed E-state index contributed by atoms with van der Waals surface area (Å²) in [5.41, 5.74) is 0.869. The molecular formula is C15H20N2OS. The molecule has 102 valence electrons. The SMILES string of the molecule is CSc1ccccc1C(=O)N1C2CCNCC1CC2. The van der Waals surface area contributed by atoms with Crippen LogP contribution in [-0.4, -0.2) is 42.2 Å². The molecule has 1 aromatic rings. The number of amides is 1. The molecule has 0 saturated carbocycles. The maximum absolute atomic E-state index is 12.9. The highest BCUT2D eigenvalue weighted by Crippen LogP contribution is 2.31. The molecule has 0 aromatic heterocycles. The molecule has 3 rings (SSSR count). The molecule has 0 spiro atoms. The van der Waals surface area contributed by atoms with Crippen molar-refractivity contribution in [3.63, 3.8) is 0 Å². The van der Waals surface area contributed by atoms with Gasteiger partial charge in [0.2, 0.25) is 0 Å². The van der Waals surface area contributed by atoms with E-state index < -0.39 is 0 Å². The van der Waals surface area contributed by atoms with E-state index in [1.165, 1.54) is 6.42 Å². The lowest BCUT2D eigenvalue weighted by Crippen LogP contribution is -2.42. The Morgan fingerprint density at radius 2 is 2.05 bits per heavy atom. The van der Waals surface area contributed by atoms with E-state index in [0.717, 1.165) is 36.4 Å². The zero-order chi connectivity index (χ0) is 13.2. The van der Waals surface area contributed by atoms with E-state index in [4.69, 9.17) is 0 Å². The van der Waals surface area contributed by atoms with Crippen molar-refractivity contribution >= 4 is 17.7 Å². The molecule has 2 atom stereocenters. The van der Waals surface area contributed by atoms with Gasteiger partial charge >= 0.3 is 0 Å². The topological polar surface area (TPSA) is 32.3 Å². The molecule has 2 heterocycles. The van der Waals surface area contributed by atoms with Crippen LogP contribution in [0.2, 0.25) is 0 Å². The van der Waals surface area contributed by atoms with Crippen molar-refractivity contribution in [2.45, 2.75) is 36.2 Å². The van der Waals surface area contributed by atoms with E-state index in [1.807, 2.05) is 30.5 Å². The van der Waals surface area contributed by atoms with Gasteiger partial charge in [0.1, 0.15) is 0 Å². The molecule has 1 aromatic carbocycles. The second-order valence-electron chi connectivity index (χ2n) is 5.29. The average Bonchev–Trinajstić information content (AvgIpc) is 2.71. The molecule has 2 bridgehead atoms. The fourth-order valence-corrected chi connectivity index (χ4v) is 3.86. The van der Waals surface area contributed by atoms with Crippen LogP contribution >= 0.6 is 11.8 Å².